The molecule has 2 aromatic heterocycles. The topological polar surface area (TPSA) is 91.1 Å². The molecule has 1 aromatic carbocycles. The molecule has 1 atom stereocenters. The van der Waals surface area contributed by atoms with Crippen molar-refractivity contribution in [1.29, 1.82) is 0 Å². The Morgan fingerprint density at radius 3 is 2.62 bits per heavy atom. The van der Waals surface area contributed by atoms with E-state index < -0.39 is 0 Å². The Kier molecular flexibility index (Phi) is 6.81. The zero-order valence-corrected chi connectivity index (χ0v) is 19.0. The van der Waals surface area contributed by atoms with Crippen molar-refractivity contribution in [2.24, 2.45) is 5.73 Å². The van der Waals surface area contributed by atoms with Gasteiger partial charge in [-0.15, -0.1) is 0 Å². The Hall–Kier alpha value is -2.84. The molecule has 0 bridgehead atoms. The van der Waals surface area contributed by atoms with Crippen LogP contribution in [-0.4, -0.2) is 37.8 Å². The number of rotatable bonds is 7. The molecule has 0 unspecified atom stereocenters. The summed E-state index contributed by atoms with van der Waals surface area (Å²) in [7, 11) is 0. The monoisotopic (exact) mass is 456 g/mol. The first-order valence-corrected chi connectivity index (χ1v) is 11.4. The lowest BCUT2D eigenvalue weighted by Crippen LogP contribution is -2.48. The molecule has 1 fully saturated rings. The van der Waals surface area contributed by atoms with E-state index in [0.29, 0.717) is 23.9 Å². The number of hydrogen-bond acceptors (Lipinski definition) is 5. The number of nitrogens with two attached hydrogens (primary N) is 1. The van der Waals surface area contributed by atoms with Crippen LogP contribution in [0.15, 0.2) is 52.4 Å². The van der Waals surface area contributed by atoms with Crippen molar-refractivity contribution >= 4 is 17.4 Å². The van der Waals surface area contributed by atoms with Crippen LogP contribution in [0.25, 0.3) is 0 Å². The summed E-state index contributed by atoms with van der Waals surface area (Å²) in [5.74, 6) is 0.657. The minimum absolute atomic E-state index is 0.0393. The van der Waals surface area contributed by atoms with Gasteiger partial charge in [-0.25, -0.2) is 9.78 Å². The average molecular weight is 457 g/mol. The van der Waals surface area contributed by atoms with Gasteiger partial charge in [0.05, 0.1) is 12.9 Å². The van der Waals surface area contributed by atoms with Crippen LogP contribution in [-0.2, 0) is 19.6 Å². The first-order valence-electron chi connectivity index (χ1n) is 11.0. The van der Waals surface area contributed by atoms with E-state index in [1.807, 2.05) is 25.3 Å². The molecule has 32 heavy (non-hydrogen) atoms. The van der Waals surface area contributed by atoms with E-state index in [0.717, 1.165) is 43.6 Å². The van der Waals surface area contributed by atoms with Gasteiger partial charge in [0, 0.05) is 55.2 Å². The Labute approximate surface area is 191 Å². The number of imidazole rings is 1. The smallest absolute Gasteiger partial charge is 0.332 e. The SMILES string of the molecule is Cc1cncn1CCCn1c(N2CCC[C@@H](N)C2)cc(=O)n(Cc2ccc(Cl)cc2)c1=O. The van der Waals surface area contributed by atoms with E-state index in [4.69, 9.17) is 17.3 Å². The summed E-state index contributed by atoms with van der Waals surface area (Å²) in [6.07, 6.45) is 6.25. The predicted molar refractivity (Wildman–Crippen MR) is 127 cm³/mol. The largest absolute Gasteiger partial charge is 0.356 e. The van der Waals surface area contributed by atoms with Crippen LogP contribution in [0.5, 0.6) is 0 Å². The van der Waals surface area contributed by atoms with E-state index in [1.54, 1.807) is 29.1 Å². The molecule has 170 valence electrons. The number of hydrogen-bond donors (Lipinski definition) is 1. The van der Waals surface area contributed by atoms with Crippen LogP contribution in [0.1, 0.15) is 30.5 Å². The molecular weight excluding hydrogens is 428 g/mol. The highest BCUT2D eigenvalue weighted by Gasteiger charge is 2.22. The van der Waals surface area contributed by atoms with Gasteiger partial charge in [-0.3, -0.25) is 13.9 Å². The number of halogens is 1. The molecule has 0 saturated carbocycles. The molecule has 8 nitrogen and oxygen atoms in total. The van der Waals surface area contributed by atoms with Crippen molar-refractivity contribution in [3.8, 4) is 0 Å². The fourth-order valence-corrected chi connectivity index (χ4v) is 4.36. The van der Waals surface area contributed by atoms with Gasteiger partial charge in [0.15, 0.2) is 0 Å². The molecule has 1 saturated heterocycles. The van der Waals surface area contributed by atoms with Crippen molar-refractivity contribution in [2.75, 3.05) is 18.0 Å². The molecule has 1 aliphatic heterocycles. The maximum atomic E-state index is 13.5. The van der Waals surface area contributed by atoms with E-state index in [1.165, 1.54) is 4.57 Å². The number of nitrogens with zero attached hydrogens (tertiary/aromatic N) is 5. The third-order valence-electron chi connectivity index (χ3n) is 5.99. The lowest BCUT2D eigenvalue weighted by atomic mass is 10.1. The normalized spacial score (nSPS) is 16.5. The van der Waals surface area contributed by atoms with Gasteiger partial charge in [0.25, 0.3) is 5.56 Å². The minimum atomic E-state index is -0.305. The average Bonchev–Trinajstić information content (AvgIpc) is 3.18. The highest BCUT2D eigenvalue weighted by atomic mass is 35.5. The molecule has 9 heteroatoms. The summed E-state index contributed by atoms with van der Waals surface area (Å²) in [5.41, 5.74) is 7.50. The van der Waals surface area contributed by atoms with Crippen LogP contribution < -0.4 is 21.9 Å². The van der Waals surface area contributed by atoms with Gasteiger partial charge >= 0.3 is 5.69 Å². The molecule has 0 amide bonds. The second kappa shape index (κ2) is 9.75. The molecule has 2 N–H and O–H groups in total. The third kappa shape index (κ3) is 4.97. The quantitative estimate of drug-likeness (QED) is 0.588. The lowest BCUT2D eigenvalue weighted by Gasteiger charge is -2.34. The van der Waals surface area contributed by atoms with Crippen molar-refractivity contribution < 1.29 is 0 Å². The second-order valence-electron chi connectivity index (χ2n) is 8.42. The predicted octanol–water partition coefficient (Wildman–Crippen LogP) is 2.23. The number of benzene rings is 1. The van der Waals surface area contributed by atoms with E-state index in [2.05, 4.69) is 14.5 Å². The maximum Gasteiger partial charge on any atom is 0.332 e. The zero-order valence-electron chi connectivity index (χ0n) is 18.3. The van der Waals surface area contributed by atoms with Gasteiger partial charge in [-0.05, 0) is 43.9 Å². The molecule has 3 aromatic rings. The maximum absolute atomic E-state index is 13.5. The van der Waals surface area contributed by atoms with Gasteiger partial charge < -0.3 is 15.2 Å². The molecule has 0 aliphatic carbocycles. The summed E-state index contributed by atoms with van der Waals surface area (Å²) in [6.45, 7) is 4.88. The van der Waals surface area contributed by atoms with Crippen LogP contribution in [0.4, 0.5) is 5.82 Å². The van der Waals surface area contributed by atoms with Gasteiger partial charge in [0.1, 0.15) is 5.82 Å². The first kappa shape index (κ1) is 22.4. The Morgan fingerprint density at radius 2 is 1.94 bits per heavy atom. The fourth-order valence-electron chi connectivity index (χ4n) is 4.23. The highest BCUT2D eigenvalue weighted by Crippen LogP contribution is 2.18. The summed E-state index contributed by atoms with van der Waals surface area (Å²) in [5, 5.41) is 0.616. The van der Waals surface area contributed by atoms with E-state index in [-0.39, 0.29) is 23.8 Å². The van der Waals surface area contributed by atoms with Crippen LogP contribution >= 0.6 is 11.6 Å². The third-order valence-corrected chi connectivity index (χ3v) is 6.25. The van der Waals surface area contributed by atoms with E-state index in [9.17, 15) is 9.59 Å². The first-order chi connectivity index (χ1) is 15.4. The molecule has 4 rings (SSSR count). The van der Waals surface area contributed by atoms with E-state index >= 15 is 0 Å². The van der Waals surface area contributed by atoms with Crippen molar-refractivity contribution in [3.05, 3.63) is 80.0 Å². The minimum Gasteiger partial charge on any atom is -0.356 e. The van der Waals surface area contributed by atoms with Gasteiger partial charge in [-0.1, -0.05) is 23.7 Å². The lowest BCUT2D eigenvalue weighted by molar-refractivity contribution is 0.473. The number of piperidine rings is 1. The van der Waals surface area contributed by atoms with Crippen molar-refractivity contribution in [3.63, 3.8) is 0 Å². The van der Waals surface area contributed by atoms with Crippen molar-refractivity contribution in [1.82, 2.24) is 18.7 Å². The molecule has 0 spiro atoms. The fraction of sp³-hybridized carbons (Fsp3) is 0.435. The molecular formula is C23H29ClN6O2. The van der Waals surface area contributed by atoms with Crippen molar-refractivity contribution in [2.45, 2.75) is 51.9 Å². The van der Waals surface area contributed by atoms with Crippen LogP contribution in [0.2, 0.25) is 5.02 Å². The summed E-state index contributed by atoms with van der Waals surface area (Å²) in [6, 6.07) is 8.81. The Balaban J connectivity index is 1.67. The Bertz CT molecular complexity index is 1180. The van der Waals surface area contributed by atoms with Crippen LogP contribution in [0, 0.1) is 6.92 Å². The molecule has 0 radical (unpaired) electrons. The Morgan fingerprint density at radius 1 is 1.16 bits per heavy atom. The summed E-state index contributed by atoms with van der Waals surface area (Å²) < 4.78 is 5.08. The highest BCUT2D eigenvalue weighted by molar-refractivity contribution is 6.30. The second-order valence-corrected chi connectivity index (χ2v) is 8.85. The van der Waals surface area contributed by atoms with Gasteiger partial charge in [0.2, 0.25) is 0 Å². The molecule has 1 aliphatic rings. The number of anilines is 1. The summed E-state index contributed by atoms with van der Waals surface area (Å²) in [4.78, 5) is 32.7. The molecule has 3 heterocycles. The number of aryl methyl sites for hydroxylation is 2. The standard InChI is InChI=1S/C23H29ClN6O2/c1-17-13-26-16-28(17)10-3-11-29-21(27-9-2-4-20(25)15-27)12-22(31)30(23(29)32)14-18-5-7-19(24)8-6-18/h5-8,12-13,16,20H,2-4,9-11,14-15,25H2,1H3/t20-/m1/s1. The zero-order chi connectivity index (χ0) is 22.7. The van der Waals surface area contributed by atoms with Crippen LogP contribution in [0.3, 0.4) is 0 Å². The summed E-state index contributed by atoms with van der Waals surface area (Å²) >= 11 is 5.98. The van der Waals surface area contributed by atoms with Gasteiger partial charge in [-0.2, -0.15) is 0 Å². The number of aromatic nitrogens is 4.